The molecule has 0 amide bonds. The van der Waals surface area contributed by atoms with Crippen LogP contribution < -0.4 is 5.32 Å². The average Bonchev–Trinajstić information content (AvgIpc) is 2.78. The molecule has 0 spiro atoms. The number of aliphatic hydroxyl groups is 1. The summed E-state index contributed by atoms with van der Waals surface area (Å²) in [7, 11) is 0. The minimum absolute atomic E-state index is 0.249. The first-order valence-corrected chi connectivity index (χ1v) is 7.29. The zero-order chi connectivity index (χ0) is 13.7. The second kappa shape index (κ2) is 6.87. The number of rotatable bonds is 6. The average molecular weight is 263 g/mol. The van der Waals surface area contributed by atoms with Crippen molar-refractivity contribution in [2.24, 2.45) is 5.92 Å². The van der Waals surface area contributed by atoms with Crippen molar-refractivity contribution in [2.75, 3.05) is 25.0 Å². The summed E-state index contributed by atoms with van der Waals surface area (Å²) in [6, 6.07) is 4.40. The lowest BCUT2D eigenvalue weighted by molar-refractivity contribution is 0.134. The summed E-state index contributed by atoms with van der Waals surface area (Å²) in [6.45, 7) is 7.51. The van der Waals surface area contributed by atoms with Gasteiger partial charge >= 0.3 is 0 Å². The van der Waals surface area contributed by atoms with Gasteiger partial charge in [-0.05, 0) is 31.4 Å². The number of aliphatic hydroxyl groups excluding tert-OH is 1. The predicted molar refractivity (Wildman–Crippen MR) is 78.1 cm³/mol. The summed E-state index contributed by atoms with van der Waals surface area (Å²) in [6.07, 6.45) is 4.09. The van der Waals surface area contributed by atoms with Gasteiger partial charge in [-0.15, -0.1) is 0 Å². The van der Waals surface area contributed by atoms with Crippen molar-refractivity contribution < 1.29 is 5.11 Å². The lowest BCUT2D eigenvalue weighted by Crippen LogP contribution is -2.34. The van der Waals surface area contributed by atoms with Gasteiger partial charge in [0.25, 0.3) is 0 Å². The van der Waals surface area contributed by atoms with Gasteiger partial charge in [-0.3, -0.25) is 4.90 Å². The fourth-order valence-electron chi connectivity index (χ4n) is 2.77. The highest BCUT2D eigenvalue weighted by Gasteiger charge is 2.30. The molecule has 1 aromatic rings. The topological polar surface area (TPSA) is 48.4 Å². The molecule has 2 atom stereocenters. The molecule has 0 saturated carbocycles. The maximum Gasteiger partial charge on any atom is 0.130 e. The SMILES string of the molecule is CCCNc1ncccc1CN1CCC(C)C1CO. The Bertz CT molecular complexity index is 397. The molecule has 2 rings (SSSR count). The van der Waals surface area contributed by atoms with E-state index in [1.54, 1.807) is 0 Å². The van der Waals surface area contributed by atoms with Crippen LogP contribution in [0.15, 0.2) is 18.3 Å². The Morgan fingerprint density at radius 1 is 1.53 bits per heavy atom. The number of nitrogens with one attached hydrogen (secondary N) is 1. The van der Waals surface area contributed by atoms with Crippen LogP contribution in [0, 0.1) is 5.92 Å². The van der Waals surface area contributed by atoms with Crippen LogP contribution in [0.3, 0.4) is 0 Å². The Balaban J connectivity index is 2.06. The molecule has 4 nitrogen and oxygen atoms in total. The van der Waals surface area contributed by atoms with Crippen molar-refractivity contribution in [3.8, 4) is 0 Å². The molecule has 0 aromatic carbocycles. The second-order valence-corrected chi connectivity index (χ2v) is 5.42. The molecule has 4 heteroatoms. The van der Waals surface area contributed by atoms with E-state index in [9.17, 15) is 5.11 Å². The fourth-order valence-corrected chi connectivity index (χ4v) is 2.77. The van der Waals surface area contributed by atoms with Crippen molar-refractivity contribution in [3.63, 3.8) is 0 Å². The lowest BCUT2D eigenvalue weighted by Gasteiger charge is -2.25. The van der Waals surface area contributed by atoms with E-state index in [0.29, 0.717) is 12.0 Å². The van der Waals surface area contributed by atoms with Crippen molar-refractivity contribution in [2.45, 2.75) is 39.3 Å². The number of likely N-dealkylation sites (tertiary alicyclic amines) is 1. The maximum atomic E-state index is 9.52. The zero-order valence-corrected chi connectivity index (χ0v) is 12.0. The third kappa shape index (κ3) is 3.45. The predicted octanol–water partition coefficient (Wildman–Crippen LogP) is 2.11. The highest BCUT2D eigenvalue weighted by Crippen LogP contribution is 2.26. The van der Waals surface area contributed by atoms with Gasteiger partial charge in [0, 0.05) is 30.9 Å². The molecule has 2 heterocycles. The van der Waals surface area contributed by atoms with E-state index in [1.807, 2.05) is 12.3 Å². The molecule has 1 fully saturated rings. The van der Waals surface area contributed by atoms with Gasteiger partial charge in [-0.2, -0.15) is 0 Å². The van der Waals surface area contributed by atoms with Crippen LogP contribution in [-0.4, -0.2) is 40.7 Å². The summed E-state index contributed by atoms with van der Waals surface area (Å²) in [5, 5.41) is 12.9. The van der Waals surface area contributed by atoms with Crippen LogP contribution in [0.25, 0.3) is 0 Å². The number of anilines is 1. The van der Waals surface area contributed by atoms with Crippen LogP contribution in [-0.2, 0) is 6.54 Å². The Morgan fingerprint density at radius 3 is 3.11 bits per heavy atom. The normalized spacial score (nSPS) is 23.7. The van der Waals surface area contributed by atoms with Gasteiger partial charge in [0.1, 0.15) is 5.82 Å². The molecular weight excluding hydrogens is 238 g/mol. The molecule has 1 aliphatic heterocycles. The van der Waals surface area contributed by atoms with Gasteiger partial charge in [-0.25, -0.2) is 4.98 Å². The molecular formula is C15H25N3O. The van der Waals surface area contributed by atoms with Gasteiger partial charge in [0.15, 0.2) is 0 Å². The third-order valence-electron chi connectivity index (χ3n) is 3.99. The van der Waals surface area contributed by atoms with Gasteiger partial charge < -0.3 is 10.4 Å². The smallest absolute Gasteiger partial charge is 0.130 e. The first kappa shape index (κ1) is 14.3. The molecule has 1 aliphatic rings. The van der Waals surface area contributed by atoms with Crippen molar-refractivity contribution in [1.29, 1.82) is 0 Å². The Labute approximate surface area is 115 Å². The van der Waals surface area contributed by atoms with Gasteiger partial charge in [0.05, 0.1) is 6.61 Å². The molecule has 2 unspecified atom stereocenters. The second-order valence-electron chi connectivity index (χ2n) is 5.42. The Morgan fingerprint density at radius 2 is 2.37 bits per heavy atom. The van der Waals surface area contributed by atoms with E-state index < -0.39 is 0 Å². The van der Waals surface area contributed by atoms with Gasteiger partial charge in [-0.1, -0.05) is 19.9 Å². The minimum atomic E-state index is 0.249. The molecule has 0 radical (unpaired) electrons. The summed E-state index contributed by atoms with van der Waals surface area (Å²) in [5.41, 5.74) is 1.23. The maximum absolute atomic E-state index is 9.52. The number of nitrogens with zero attached hydrogens (tertiary/aromatic N) is 2. The minimum Gasteiger partial charge on any atom is -0.395 e. The Hall–Kier alpha value is -1.13. The molecule has 106 valence electrons. The number of hydrogen-bond donors (Lipinski definition) is 2. The zero-order valence-electron chi connectivity index (χ0n) is 12.0. The first-order valence-electron chi connectivity index (χ1n) is 7.29. The molecule has 19 heavy (non-hydrogen) atoms. The van der Waals surface area contributed by atoms with E-state index in [2.05, 4.69) is 35.1 Å². The standard InChI is InChI=1S/C15H25N3O/c1-3-7-16-15-13(5-4-8-17-15)10-18-9-6-12(2)14(18)11-19/h4-5,8,12,14,19H,3,6-7,9-11H2,1-2H3,(H,16,17). The van der Waals surface area contributed by atoms with E-state index in [-0.39, 0.29) is 6.61 Å². The highest BCUT2D eigenvalue weighted by molar-refractivity contribution is 5.43. The van der Waals surface area contributed by atoms with E-state index in [4.69, 9.17) is 0 Å². The van der Waals surface area contributed by atoms with Crippen LogP contribution in [0.5, 0.6) is 0 Å². The van der Waals surface area contributed by atoms with Crippen molar-refractivity contribution >= 4 is 5.82 Å². The molecule has 1 saturated heterocycles. The first-order chi connectivity index (χ1) is 9.26. The van der Waals surface area contributed by atoms with Crippen LogP contribution in [0.2, 0.25) is 0 Å². The highest BCUT2D eigenvalue weighted by atomic mass is 16.3. The van der Waals surface area contributed by atoms with Crippen molar-refractivity contribution in [1.82, 2.24) is 9.88 Å². The van der Waals surface area contributed by atoms with Crippen LogP contribution >= 0.6 is 0 Å². The van der Waals surface area contributed by atoms with Crippen molar-refractivity contribution in [3.05, 3.63) is 23.9 Å². The summed E-state index contributed by atoms with van der Waals surface area (Å²) in [4.78, 5) is 6.80. The van der Waals surface area contributed by atoms with Crippen LogP contribution in [0.1, 0.15) is 32.3 Å². The Kier molecular flexibility index (Phi) is 5.16. The number of hydrogen-bond acceptors (Lipinski definition) is 4. The molecule has 0 aliphatic carbocycles. The third-order valence-corrected chi connectivity index (χ3v) is 3.99. The lowest BCUT2D eigenvalue weighted by atomic mass is 10.0. The van der Waals surface area contributed by atoms with E-state index >= 15 is 0 Å². The summed E-state index contributed by atoms with van der Waals surface area (Å²) >= 11 is 0. The fraction of sp³-hybridized carbons (Fsp3) is 0.667. The van der Waals surface area contributed by atoms with Gasteiger partial charge in [0.2, 0.25) is 0 Å². The van der Waals surface area contributed by atoms with E-state index in [1.165, 1.54) is 12.0 Å². The summed E-state index contributed by atoms with van der Waals surface area (Å²) < 4.78 is 0. The molecule has 0 bridgehead atoms. The number of pyridine rings is 1. The molecule has 2 N–H and O–H groups in total. The molecule has 1 aromatic heterocycles. The largest absolute Gasteiger partial charge is 0.395 e. The monoisotopic (exact) mass is 263 g/mol. The number of aromatic nitrogens is 1. The summed E-state index contributed by atoms with van der Waals surface area (Å²) in [5.74, 6) is 1.56. The van der Waals surface area contributed by atoms with E-state index in [0.717, 1.165) is 31.9 Å². The quantitative estimate of drug-likeness (QED) is 0.825. The van der Waals surface area contributed by atoms with Crippen LogP contribution in [0.4, 0.5) is 5.82 Å².